The van der Waals surface area contributed by atoms with Gasteiger partial charge in [-0.1, -0.05) is 30.3 Å². The molecule has 0 aliphatic rings. The van der Waals surface area contributed by atoms with E-state index in [1.165, 1.54) is 5.69 Å². The van der Waals surface area contributed by atoms with Gasteiger partial charge in [-0.3, -0.25) is 0 Å². The Morgan fingerprint density at radius 2 is 1.86 bits per heavy atom. The van der Waals surface area contributed by atoms with Crippen LogP contribution < -0.4 is 10.6 Å². The topological polar surface area (TPSA) is 29.3 Å². The third-order valence-electron chi connectivity index (χ3n) is 3.84. The maximum atomic E-state index is 13.6. The van der Waals surface area contributed by atoms with Crippen molar-refractivity contribution >= 4 is 5.69 Å². The third-order valence-corrected chi connectivity index (χ3v) is 3.84. The number of nitrogens with two attached hydrogens (primary N) is 1. The van der Waals surface area contributed by atoms with Crippen molar-refractivity contribution in [2.24, 2.45) is 5.73 Å². The number of halogens is 1. The summed E-state index contributed by atoms with van der Waals surface area (Å²) >= 11 is 0. The van der Waals surface area contributed by atoms with Gasteiger partial charge in [0.15, 0.2) is 0 Å². The molecule has 0 aliphatic heterocycles. The van der Waals surface area contributed by atoms with Gasteiger partial charge < -0.3 is 10.6 Å². The molecular weight excluding hydrogens is 263 g/mol. The van der Waals surface area contributed by atoms with E-state index < -0.39 is 0 Å². The second kappa shape index (κ2) is 7.23. The van der Waals surface area contributed by atoms with Gasteiger partial charge in [-0.2, -0.15) is 0 Å². The minimum Gasteiger partial charge on any atom is -0.372 e. The van der Waals surface area contributed by atoms with Crippen LogP contribution >= 0.6 is 0 Å². The molecule has 0 aromatic heterocycles. The van der Waals surface area contributed by atoms with Crippen LogP contribution in [-0.4, -0.2) is 13.1 Å². The first kappa shape index (κ1) is 15.5. The smallest absolute Gasteiger partial charge is 0.126 e. The Balaban J connectivity index is 1.99. The number of rotatable bonds is 6. The SMILES string of the molecule is CCN(CCC(N)c1ccc(C)c(F)c1)c1ccccc1. The van der Waals surface area contributed by atoms with E-state index in [0.717, 1.165) is 25.1 Å². The molecule has 2 aromatic rings. The predicted molar refractivity (Wildman–Crippen MR) is 87.0 cm³/mol. The fourth-order valence-corrected chi connectivity index (χ4v) is 2.41. The van der Waals surface area contributed by atoms with Gasteiger partial charge in [0.05, 0.1) is 0 Å². The highest BCUT2D eigenvalue weighted by molar-refractivity contribution is 5.45. The summed E-state index contributed by atoms with van der Waals surface area (Å²) < 4.78 is 13.6. The van der Waals surface area contributed by atoms with Gasteiger partial charge in [-0.05, 0) is 49.6 Å². The van der Waals surface area contributed by atoms with Gasteiger partial charge in [0, 0.05) is 24.8 Å². The zero-order valence-electron chi connectivity index (χ0n) is 12.7. The van der Waals surface area contributed by atoms with Crippen molar-refractivity contribution < 1.29 is 4.39 Å². The van der Waals surface area contributed by atoms with E-state index >= 15 is 0 Å². The largest absolute Gasteiger partial charge is 0.372 e. The first-order valence-electron chi connectivity index (χ1n) is 7.43. The van der Waals surface area contributed by atoms with E-state index in [0.29, 0.717) is 5.56 Å². The Morgan fingerprint density at radius 3 is 2.48 bits per heavy atom. The second-order valence-electron chi connectivity index (χ2n) is 5.32. The molecule has 0 aliphatic carbocycles. The van der Waals surface area contributed by atoms with Gasteiger partial charge in [0.1, 0.15) is 5.82 Å². The molecule has 1 atom stereocenters. The van der Waals surface area contributed by atoms with Crippen LogP contribution in [0.3, 0.4) is 0 Å². The van der Waals surface area contributed by atoms with Gasteiger partial charge in [-0.15, -0.1) is 0 Å². The number of benzene rings is 2. The van der Waals surface area contributed by atoms with E-state index in [1.54, 1.807) is 19.1 Å². The monoisotopic (exact) mass is 286 g/mol. The lowest BCUT2D eigenvalue weighted by Crippen LogP contribution is -2.27. The van der Waals surface area contributed by atoms with Crippen molar-refractivity contribution in [2.45, 2.75) is 26.3 Å². The first-order chi connectivity index (χ1) is 10.1. The van der Waals surface area contributed by atoms with Crippen molar-refractivity contribution in [3.8, 4) is 0 Å². The molecule has 2 N–H and O–H groups in total. The summed E-state index contributed by atoms with van der Waals surface area (Å²) in [6.45, 7) is 5.68. The summed E-state index contributed by atoms with van der Waals surface area (Å²) in [5, 5.41) is 0. The average Bonchev–Trinajstić information content (AvgIpc) is 2.51. The molecule has 21 heavy (non-hydrogen) atoms. The molecule has 0 saturated heterocycles. The molecule has 0 spiro atoms. The first-order valence-corrected chi connectivity index (χ1v) is 7.43. The highest BCUT2D eigenvalue weighted by Crippen LogP contribution is 2.20. The van der Waals surface area contributed by atoms with Crippen molar-refractivity contribution in [3.05, 3.63) is 65.5 Å². The number of hydrogen-bond donors (Lipinski definition) is 1. The van der Waals surface area contributed by atoms with Crippen molar-refractivity contribution in [1.82, 2.24) is 0 Å². The third kappa shape index (κ3) is 4.05. The van der Waals surface area contributed by atoms with E-state index in [1.807, 2.05) is 24.3 Å². The lowest BCUT2D eigenvalue weighted by molar-refractivity contribution is 0.598. The minimum atomic E-state index is -0.182. The lowest BCUT2D eigenvalue weighted by Gasteiger charge is -2.25. The summed E-state index contributed by atoms with van der Waals surface area (Å²) in [7, 11) is 0. The van der Waals surface area contributed by atoms with Gasteiger partial charge in [0.25, 0.3) is 0 Å². The summed E-state index contributed by atoms with van der Waals surface area (Å²) in [6, 6.07) is 15.4. The molecule has 112 valence electrons. The molecule has 3 heteroatoms. The fourth-order valence-electron chi connectivity index (χ4n) is 2.41. The van der Waals surface area contributed by atoms with Gasteiger partial charge in [-0.25, -0.2) is 4.39 Å². The normalized spacial score (nSPS) is 12.2. The van der Waals surface area contributed by atoms with Crippen LogP contribution in [0.25, 0.3) is 0 Å². The van der Waals surface area contributed by atoms with Crippen molar-refractivity contribution in [2.75, 3.05) is 18.0 Å². The number of nitrogens with zero attached hydrogens (tertiary/aromatic N) is 1. The lowest BCUT2D eigenvalue weighted by atomic mass is 10.0. The minimum absolute atomic E-state index is 0.141. The highest BCUT2D eigenvalue weighted by Gasteiger charge is 2.11. The van der Waals surface area contributed by atoms with Crippen LogP contribution in [0.4, 0.5) is 10.1 Å². The number of hydrogen-bond acceptors (Lipinski definition) is 2. The van der Waals surface area contributed by atoms with Crippen LogP contribution in [0.15, 0.2) is 48.5 Å². The van der Waals surface area contributed by atoms with Crippen LogP contribution in [0.1, 0.15) is 30.5 Å². The standard InChI is InChI=1S/C18H23FN2/c1-3-21(16-7-5-4-6-8-16)12-11-18(20)15-10-9-14(2)17(19)13-15/h4-10,13,18H,3,11-12,20H2,1-2H3. The van der Waals surface area contributed by atoms with Crippen LogP contribution in [0.5, 0.6) is 0 Å². The highest BCUT2D eigenvalue weighted by atomic mass is 19.1. The Labute approximate surface area is 126 Å². The molecule has 2 nitrogen and oxygen atoms in total. The number of para-hydroxylation sites is 1. The predicted octanol–water partition coefficient (Wildman–Crippen LogP) is 4.05. The maximum Gasteiger partial charge on any atom is 0.126 e. The molecule has 2 rings (SSSR count). The summed E-state index contributed by atoms with van der Waals surface area (Å²) in [4.78, 5) is 2.28. The van der Waals surface area contributed by atoms with Gasteiger partial charge in [0.2, 0.25) is 0 Å². The molecule has 0 amide bonds. The van der Waals surface area contributed by atoms with Crippen LogP contribution in [0.2, 0.25) is 0 Å². The maximum absolute atomic E-state index is 13.6. The Bertz CT molecular complexity index is 569. The molecule has 0 radical (unpaired) electrons. The van der Waals surface area contributed by atoms with Crippen molar-refractivity contribution in [1.29, 1.82) is 0 Å². The zero-order valence-corrected chi connectivity index (χ0v) is 12.7. The fraction of sp³-hybridized carbons (Fsp3) is 0.333. The van der Waals surface area contributed by atoms with Crippen LogP contribution in [0, 0.1) is 12.7 Å². The van der Waals surface area contributed by atoms with E-state index in [4.69, 9.17) is 5.73 Å². The Kier molecular flexibility index (Phi) is 5.34. The van der Waals surface area contributed by atoms with E-state index in [2.05, 4.69) is 24.0 Å². The number of anilines is 1. The number of aryl methyl sites for hydroxylation is 1. The summed E-state index contributed by atoms with van der Waals surface area (Å²) in [5.41, 5.74) is 8.92. The van der Waals surface area contributed by atoms with Crippen molar-refractivity contribution in [3.63, 3.8) is 0 Å². The Hall–Kier alpha value is -1.87. The second-order valence-corrected chi connectivity index (χ2v) is 5.32. The molecule has 0 fully saturated rings. The van der Waals surface area contributed by atoms with E-state index in [-0.39, 0.29) is 11.9 Å². The summed E-state index contributed by atoms with van der Waals surface area (Å²) in [6.07, 6.45) is 0.797. The van der Waals surface area contributed by atoms with E-state index in [9.17, 15) is 4.39 Å². The molecule has 0 saturated carbocycles. The summed E-state index contributed by atoms with van der Waals surface area (Å²) in [5.74, 6) is -0.182. The molecule has 0 bridgehead atoms. The zero-order chi connectivity index (χ0) is 15.2. The molecule has 2 aromatic carbocycles. The average molecular weight is 286 g/mol. The molecule has 1 unspecified atom stereocenters. The Morgan fingerprint density at radius 1 is 1.14 bits per heavy atom. The van der Waals surface area contributed by atoms with Gasteiger partial charge >= 0.3 is 0 Å². The molecular formula is C18H23FN2. The quantitative estimate of drug-likeness (QED) is 0.868. The van der Waals surface area contributed by atoms with Crippen LogP contribution in [-0.2, 0) is 0 Å². The molecule has 0 heterocycles.